The van der Waals surface area contributed by atoms with Gasteiger partial charge in [0.05, 0.1) is 22.8 Å². The van der Waals surface area contributed by atoms with Gasteiger partial charge in [0.2, 0.25) is 0 Å². The van der Waals surface area contributed by atoms with E-state index in [1.54, 1.807) is 0 Å². The third-order valence-corrected chi connectivity index (χ3v) is 4.98. The van der Waals surface area contributed by atoms with E-state index < -0.39 is 16.7 Å². The minimum absolute atomic E-state index is 0.100. The van der Waals surface area contributed by atoms with Gasteiger partial charge in [-0.15, -0.1) is 0 Å². The molecular weight excluding hydrogens is 366 g/mol. The van der Waals surface area contributed by atoms with Crippen LogP contribution in [0.1, 0.15) is 16.1 Å². The predicted octanol–water partition coefficient (Wildman–Crippen LogP) is 4.64. The fourth-order valence-electron chi connectivity index (χ4n) is 2.64. The molecule has 0 aliphatic rings. The molecule has 4 aromatic rings. The van der Waals surface area contributed by atoms with Crippen LogP contribution in [0.15, 0.2) is 71.1 Å². The molecule has 0 unspecified atom stereocenters. The standard InChI is InChI=1S/C19H13N3O4S/c23-18(15-10-11-17(26-15)22(24)25)21(12-13-6-2-1-3-7-13)19-20-14-8-4-5-9-16(14)27-19/h1-11H,12H2. The highest BCUT2D eigenvalue weighted by molar-refractivity contribution is 7.22. The molecule has 0 atom stereocenters. The van der Waals surface area contributed by atoms with Crippen LogP contribution in [0.5, 0.6) is 0 Å². The lowest BCUT2D eigenvalue weighted by Crippen LogP contribution is -2.30. The SMILES string of the molecule is O=C(c1ccc([N+](=O)[O-])o1)N(Cc1ccccc1)c1nc2ccccc2s1. The van der Waals surface area contributed by atoms with Crippen molar-refractivity contribution >= 4 is 38.5 Å². The Balaban J connectivity index is 1.74. The van der Waals surface area contributed by atoms with Crippen molar-refractivity contribution in [1.82, 2.24) is 4.98 Å². The Hall–Kier alpha value is -3.52. The number of hydrogen-bond acceptors (Lipinski definition) is 6. The fraction of sp³-hybridized carbons (Fsp3) is 0.0526. The number of rotatable bonds is 5. The smallest absolute Gasteiger partial charge is 0.395 e. The lowest BCUT2D eigenvalue weighted by atomic mass is 10.2. The minimum atomic E-state index is -0.671. The first-order valence-electron chi connectivity index (χ1n) is 8.07. The molecule has 1 amide bonds. The van der Waals surface area contributed by atoms with Gasteiger partial charge in [-0.3, -0.25) is 19.8 Å². The molecule has 0 bridgehead atoms. The maximum absolute atomic E-state index is 13.0. The molecule has 0 N–H and O–H groups in total. The minimum Gasteiger partial charge on any atom is -0.395 e. The summed E-state index contributed by atoms with van der Waals surface area (Å²) in [5, 5.41) is 11.4. The Morgan fingerprint density at radius 2 is 1.81 bits per heavy atom. The maximum Gasteiger partial charge on any atom is 0.433 e. The quantitative estimate of drug-likeness (QED) is 0.372. The normalized spacial score (nSPS) is 10.8. The number of nitrogens with zero attached hydrogens (tertiary/aromatic N) is 3. The summed E-state index contributed by atoms with van der Waals surface area (Å²) >= 11 is 1.38. The Labute approximate surface area is 157 Å². The molecule has 2 heterocycles. The number of thiazole rings is 1. The van der Waals surface area contributed by atoms with Crippen molar-refractivity contribution in [2.75, 3.05) is 4.90 Å². The van der Waals surface area contributed by atoms with Gasteiger partial charge in [-0.1, -0.05) is 53.8 Å². The molecule has 0 spiro atoms. The summed E-state index contributed by atoms with van der Waals surface area (Å²) in [6.07, 6.45) is 0. The summed E-state index contributed by atoms with van der Waals surface area (Å²) in [6.45, 7) is 0.272. The topological polar surface area (TPSA) is 89.5 Å². The van der Waals surface area contributed by atoms with Crippen molar-refractivity contribution < 1.29 is 14.1 Å². The molecule has 0 radical (unpaired) electrons. The van der Waals surface area contributed by atoms with Crippen LogP contribution in [-0.4, -0.2) is 15.8 Å². The molecule has 8 heteroatoms. The monoisotopic (exact) mass is 379 g/mol. The number of amides is 1. The van der Waals surface area contributed by atoms with Crippen molar-refractivity contribution in [1.29, 1.82) is 0 Å². The molecule has 0 saturated heterocycles. The third-order valence-electron chi connectivity index (χ3n) is 3.92. The summed E-state index contributed by atoms with van der Waals surface area (Å²) in [5.74, 6) is -1.05. The second kappa shape index (κ2) is 7.00. The molecular formula is C19H13N3O4S. The molecule has 4 rings (SSSR count). The molecule has 27 heavy (non-hydrogen) atoms. The van der Waals surface area contributed by atoms with E-state index in [0.717, 1.165) is 15.8 Å². The fourth-order valence-corrected chi connectivity index (χ4v) is 3.60. The van der Waals surface area contributed by atoms with E-state index in [4.69, 9.17) is 4.42 Å². The predicted molar refractivity (Wildman–Crippen MR) is 102 cm³/mol. The number of nitro groups is 1. The molecule has 0 aliphatic heterocycles. The van der Waals surface area contributed by atoms with Gasteiger partial charge >= 0.3 is 5.88 Å². The van der Waals surface area contributed by atoms with Gasteiger partial charge in [-0.2, -0.15) is 0 Å². The number of furan rings is 1. The molecule has 0 fully saturated rings. The average molecular weight is 379 g/mol. The lowest BCUT2D eigenvalue weighted by molar-refractivity contribution is -0.402. The van der Waals surface area contributed by atoms with Crippen LogP contribution in [0, 0.1) is 10.1 Å². The zero-order valence-corrected chi connectivity index (χ0v) is 14.8. The van der Waals surface area contributed by atoms with Crippen LogP contribution in [0.3, 0.4) is 0 Å². The molecule has 2 aromatic heterocycles. The van der Waals surface area contributed by atoms with E-state index in [0.29, 0.717) is 5.13 Å². The first kappa shape index (κ1) is 16.9. The van der Waals surface area contributed by atoms with Crippen LogP contribution >= 0.6 is 11.3 Å². The summed E-state index contributed by atoms with van der Waals surface area (Å²) in [6, 6.07) is 19.5. The number of anilines is 1. The third kappa shape index (κ3) is 3.42. The maximum atomic E-state index is 13.0. The summed E-state index contributed by atoms with van der Waals surface area (Å²) in [4.78, 5) is 29.3. The number of hydrogen-bond donors (Lipinski definition) is 0. The van der Waals surface area contributed by atoms with Crippen molar-refractivity contribution in [2.45, 2.75) is 6.54 Å². The van der Waals surface area contributed by atoms with Crippen molar-refractivity contribution in [3.8, 4) is 0 Å². The Bertz CT molecular complexity index is 1090. The Morgan fingerprint density at radius 3 is 2.52 bits per heavy atom. The summed E-state index contributed by atoms with van der Waals surface area (Å²) in [5.41, 5.74) is 1.69. The van der Waals surface area contributed by atoms with Crippen LogP contribution in [0.2, 0.25) is 0 Å². The van der Waals surface area contributed by atoms with E-state index in [9.17, 15) is 14.9 Å². The average Bonchev–Trinajstić information content (AvgIpc) is 3.33. The first-order valence-corrected chi connectivity index (χ1v) is 8.89. The van der Waals surface area contributed by atoms with Gasteiger partial charge in [-0.25, -0.2) is 4.98 Å². The largest absolute Gasteiger partial charge is 0.433 e. The van der Waals surface area contributed by atoms with Gasteiger partial charge < -0.3 is 4.42 Å². The van der Waals surface area contributed by atoms with Crippen molar-refractivity contribution in [2.24, 2.45) is 0 Å². The van der Waals surface area contributed by atoms with Crippen LogP contribution in [0.4, 0.5) is 11.0 Å². The number of aromatic nitrogens is 1. The number of benzene rings is 2. The Kier molecular flexibility index (Phi) is 4.39. The van der Waals surface area contributed by atoms with Gasteiger partial charge in [0.15, 0.2) is 10.9 Å². The highest BCUT2D eigenvalue weighted by atomic mass is 32.1. The van der Waals surface area contributed by atoms with E-state index in [1.807, 2.05) is 54.6 Å². The second-order valence-corrected chi connectivity index (χ2v) is 6.75. The van der Waals surface area contributed by atoms with Gasteiger partial charge in [0.1, 0.15) is 4.92 Å². The van der Waals surface area contributed by atoms with Crippen LogP contribution < -0.4 is 4.90 Å². The molecule has 0 aliphatic carbocycles. The number of para-hydroxylation sites is 1. The van der Waals surface area contributed by atoms with Gasteiger partial charge in [-0.05, 0) is 23.8 Å². The van der Waals surface area contributed by atoms with Gasteiger partial charge in [0.25, 0.3) is 5.91 Å². The lowest BCUT2D eigenvalue weighted by Gasteiger charge is -2.18. The number of fused-ring (bicyclic) bond motifs is 1. The van der Waals surface area contributed by atoms with Crippen molar-refractivity contribution in [3.63, 3.8) is 0 Å². The summed E-state index contributed by atoms with van der Waals surface area (Å²) < 4.78 is 6.06. The number of carbonyl (C=O) groups excluding carboxylic acids is 1. The zero-order valence-electron chi connectivity index (χ0n) is 13.9. The zero-order chi connectivity index (χ0) is 18.8. The molecule has 7 nitrogen and oxygen atoms in total. The van der Waals surface area contributed by atoms with Crippen LogP contribution in [-0.2, 0) is 6.54 Å². The van der Waals surface area contributed by atoms with Crippen molar-refractivity contribution in [3.05, 3.63) is 88.2 Å². The van der Waals surface area contributed by atoms with Crippen LogP contribution in [0.25, 0.3) is 10.2 Å². The van der Waals surface area contributed by atoms with E-state index in [1.165, 1.54) is 28.4 Å². The second-order valence-electron chi connectivity index (χ2n) is 5.74. The van der Waals surface area contributed by atoms with E-state index in [-0.39, 0.29) is 12.3 Å². The summed E-state index contributed by atoms with van der Waals surface area (Å²) in [7, 11) is 0. The first-order chi connectivity index (χ1) is 13.1. The Morgan fingerprint density at radius 1 is 1.07 bits per heavy atom. The molecule has 0 saturated carbocycles. The van der Waals surface area contributed by atoms with E-state index in [2.05, 4.69) is 4.98 Å². The highest BCUT2D eigenvalue weighted by Crippen LogP contribution is 2.31. The number of carbonyl (C=O) groups is 1. The highest BCUT2D eigenvalue weighted by Gasteiger charge is 2.26. The molecule has 2 aromatic carbocycles. The van der Waals surface area contributed by atoms with Gasteiger partial charge in [0, 0.05) is 0 Å². The van der Waals surface area contributed by atoms with E-state index >= 15 is 0 Å². The molecule has 134 valence electrons.